The Hall–Kier alpha value is -1.83. The second-order valence-electron chi connectivity index (χ2n) is 6.60. The number of carboxylic acid groups (broad SMARTS) is 2. The zero-order valence-electron chi connectivity index (χ0n) is 13.6. The van der Waals surface area contributed by atoms with Gasteiger partial charge in [-0.1, -0.05) is 11.6 Å². The average Bonchev–Trinajstić information content (AvgIpc) is 2.93. The van der Waals surface area contributed by atoms with Gasteiger partial charge in [-0.3, -0.25) is 9.69 Å². The molecule has 0 aliphatic carbocycles. The lowest BCUT2D eigenvalue weighted by molar-refractivity contribution is -0.159. The van der Waals surface area contributed by atoms with Crippen molar-refractivity contribution in [1.29, 1.82) is 0 Å². The summed E-state index contributed by atoms with van der Waals surface area (Å²) >= 11 is 6.06. The van der Waals surface area contributed by atoms with E-state index in [1.807, 2.05) is 4.90 Å². The molecule has 2 heterocycles. The summed E-state index contributed by atoms with van der Waals surface area (Å²) in [4.78, 5) is 24.6. The first-order valence-corrected chi connectivity index (χ1v) is 8.45. The van der Waals surface area contributed by atoms with Crippen molar-refractivity contribution in [2.45, 2.75) is 13.0 Å². The number of ether oxygens (including phenoxy) is 2. The highest BCUT2D eigenvalue weighted by Gasteiger charge is 2.54. The van der Waals surface area contributed by atoms with Gasteiger partial charge >= 0.3 is 11.9 Å². The highest BCUT2D eigenvalue weighted by atomic mass is 35.5. The van der Waals surface area contributed by atoms with Gasteiger partial charge in [-0.05, 0) is 30.5 Å². The van der Waals surface area contributed by atoms with Crippen molar-refractivity contribution in [2.24, 2.45) is 11.3 Å². The number of likely N-dealkylation sites (tertiary alicyclic amines) is 1. The Bertz CT molecular complexity index is 681. The monoisotopic (exact) mass is 369 g/mol. The second kappa shape index (κ2) is 7.19. The highest BCUT2D eigenvalue weighted by Crippen LogP contribution is 2.42. The second-order valence-corrected chi connectivity index (χ2v) is 7.04. The number of benzene rings is 1. The van der Waals surface area contributed by atoms with E-state index in [1.54, 1.807) is 18.2 Å². The molecule has 2 fully saturated rings. The molecule has 2 saturated heterocycles. The fourth-order valence-corrected chi connectivity index (χ4v) is 3.90. The molecular weight excluding hydrogens is 350 g/mol. The molecular formula is C17H20ClNO6. The van der Waals surface area contributed by atoms with E-state index in [0.29, 0.717) is 37.0 Å². The number of hydrogen-bond donors (Lipinski definition) is 2. The van der Waals surface area contributed by atoms with Crippen LogP contribution in [0.1, 0.15) is 12.0 Å². The van der Waals surface area contributed by atoms with Crippen molar-refractivity contribution in [3.8, 4) is 5.75 Å². The largest absolute Gasteiger partial charge is 0.482 e. The third kappa shape index (κ3) is 3.73. The summed E-state index contributed by atoms with van der Waals surface area (Å²) in [7, 11) is 0. The van der Waals surface area contributed by atoms with E-state index in [0.717, 1.165) is 12.0 Å². The summed E-state index contributed by atoms with van der Waals surface area (Å²) in [6, 6.07) is 5.00. The minimum Gasteiger partial charge on any atom is -0.482 e. The van der Waals surface area contributed by atoms with Gasteiger partial charge in [0.25, 0.3) is 0 Å². The number of nitrogens with zero attached hydrogens (tertiary/aromatic N) is 1. The van der Waals surface area contributed by atoms with Crippen LogP contribution >= 0.6 is 11.6 Å². The van der Waals surface area contributed by atoms with Gasteiger partial charge < -0.3 is 19.7 Å². The van der Waals surface area contributed by atoms with Gasteiger partial charge in [-0.25, -0.2) is 4.79 Å². The summed E-state index contributed by atoms with van der Waals surface area (Å²) in [5, 5.41) is 19.0. The Labute approximate surface area is 150 Å². The van der Waals surface area contributed by atoms with Crippen LogP contribution in [0.3, 0.4) is 0 Å². The normalized spacial score (nSPS) is 26.2. The molecule has 2 N–H and O–H groups in total. The van der Waals surface area contributed by atoms with Gasteiger partial charge in [0, 0.05) is 36.8 Å². The van der Waals surface area contributed by atoms with Crippen molar-refractivity contribution >= 4 is 23.5 Å². The first-order valence-electron chi connectivity index (χ1n) is 8.07. The van der Waals surface area contributed by atoms with Gasteiger partial charge in [0.15, 0.2) is 6.61 Å². The molecule has 25 heavy (non-hydrogen) atoms. The Balaban J connectivity index is 1.77. The van der Waals surface area contributed by atoms with Crippen LogP contribution in [0, 0.1) is 11.3 Å². The molecule has 136 valence electrons. The van der Waals surface area contributed by atoms with E-state index in [9.17, 15) is 14.7 Å². The maximum atomic E-state index is 11.8. The number of carbonyl (C=O) groups is 2. The minimum absolute atomic E-state index is 0.0429. The van der Waals surface area contributed by atoms with E-state index >= 15 is 0 Å². The van der Waals surface area contributed by atoms with E-state index in [-0.39, 0.29) is 12.5 Å². The fourth-order valence-electron chi connectivity index (χ4n) is 3.71. The molecule has 8 heteroatoms. The minimum atomic E-state index is -1.06. The third-order valence-electron chi connectivity index (χ3n) is 4.93. The molecule has 0 aromatic heterocycles. The van der Waals surface area contributed by atoms with Crippen LogP contribution in [-0.4, -0.2) is 60.0 Å². The van der Waals surface area contributed by atoms with Crippen LogP contribution in [0.5, 0.6) is 5.75 Å². The van der Waals surface area contributed by atoms with Gasteiger partial charge in [0.2, 0.25) is 0 Å². The predicted octanol–water partition coefficient (Wildman–Crippen LogP) is 1.73. The number of rotatable bonds is 6. The number of halogens is 1. The summed E-state index contributed by atoms with van der Waals surface area (Å²) in [6.07, 6.45) is 0.723. The van der Waals surface area contributed by atoms with Crippen LogP contribution in [0.4, 0.5) is 0 Å². The van der Waals surface area contributed by atoms with Gasteiger partial charge in [-0.2, -0.15) is 0 Å². The van der Waals surface area contributed by atoms with E-state index in [1.165, 1.54) is 0 Å². The molecule has 1 aromatic rings. The Morgan fingerprint density at radius 2 is 2.20 bits per heavy atom. The topological polar surface area (TPSA) is 96.3 Å². The van der Waals surface area contributed by atoms with Gasteiger partial charge in [0.05, 0.1) is 6.61 Å². The summed E-state index contributed by atoms with van der Waals surface area (Å²) in [5.74, 6) is -1.40. The molecule has 0 radical (unpaired) electrons. The summed E-state index contributed by atoms with van der Waals surface area (Å²) in [6.45, 7) is 1.85. The zero-order valence-corrected chi connectivity index (χ0v) is 14.4. The lowest BCUT2D eigenvalue weighted by atomic mass is 9.76. The SMILES string of the molecule is O=C(O)COc1ccc(Cl)cc1CN1C[C@@H]2CCOC[C@]2(C(=O)O)C1. The first kappa shape index (κ1) is 18.0. The molecule has 0 bridgehead atoms. The van der Waals surface area contributed by atoms with Crippen LogP contribution in [0.15, 0.2) is 18.2 Å². The van der Waals surface area contributed by atoms with Gasteiger partial charge in [0.1, 0.15) is 11.2 Å². The lowest BCUT2D eigenvalue weighted by Gasteiger charge is -2.34. The van der Waals surface area contributed by atoms with Gasteiger partial charge in [-0.15, -0.1) is 0 Å². The Morgan fingerprint density at radius 3 is 2.88 bits per heavy atom. The van der Waals surface area contributed by atoms with Crippen molar-refractivity contribution in [3.05, 3.63) is 28.8 Å². The number of carboxylic acids is 2. The predicted molar refractivity (Wildman–Crippen MR) is 88.9 cm³/mol. The zero-order chi connectivity index (χ0) is 18.0. The lowest BCUT2D eigenvalue weighted by Crippen LogP contribution is -2.46. The van der Waals surface area contributed by atoms with Crippen LogP contribution in [0.25, 0.3) is 0 Å². The van der Waals surface area contributed by atoms with E-state index in [2.05, 4.69) is 0 Å². The van der Waals surface area contributed by atoms with E-state index in [4.69, 9.17) is 26.2 Å². The van der Waals surface area contributed by atoms with Crippen LogP contribution < -0.4 is 4.74 Å². The Kier molecular flexibility index (Phi) is 5.17. The maximum Gasteiger partial charge on any atom is 0.341 e. The molecule has 2 atom stereocenters. The summed E-state index contributed by atoms with van der Waals surface area (Å²) < 4.78 is 10.8. The molecule has 0 saturated carbocycles. The summed E-state index contributed by atoms with van der Waals surface area (Å²) in [5.41, 5.74) is -0.132. The molecule has 1 aromatic carbocycles. The smallest absolute Gasteiger partial charge is 0.341 e. The molecule has 2 aliphatic heterocycles. The average molecular weight is 370 g/mol. The quantitative estimate of drug-likeness (QED) is 0.788. The first-order chi connectivity index (χ1) is 11.9. The molecule has 3 rings (SSSR count). The molecule has 0 unspecified atom stereocenters. The number of hydrogen-bond acceptors (Lipinski definition) is 5. The molecule has 2 aliphatic rings. The van der Waals surface area contributed by atoms with E-state index < -0.39 is 24.0 Å². The van der Waals surface area contributed by atoms with Crippen LogP contribution in [0.2, 0.25) is 5.02 Å². The van der Waals surface area contributed by atoms with Crippen molar-refractivity contribution in [1.82, 2.24) is 4.90 Å². The standard InChI is InChI=1S/C17H20ClNO6/c18-13-1-2-14(25-8-15(20)21)11(5-13)6-19-7-12-3-4-24-10-17(12,9-19)16(22)23/h1-2,5,12H,3-4,6-10H2,(H,20,21)(H,22,23)/t12-,17+/m0/s1. The molecule has 0 amide bonds. The molecule has 0 spiro atoms. The van der Waals surface area contributed by atoms with Crippen LogP contribution in [-0.2, 0) is 20.9 Å². The van der Waals surface area contributed by atoms with Crippen molar-refractivity contribution in [3.63, 3.8) is 0 Å². The Morgan fingerprint density at radius 1 is 1.40 bits per heavy atom. The third-order valence-corrected chi connectivity index (χ3v) is 5.16. The molecule has 7 nitrogen and oxygen atoms in total. The maximum absolute atomic E-state index is 11.8. The fraction of sp³-hybridized carbons (Fsp3) is 0.529. The number of aliphatic carboxylic acids is 2. The van der Waals surface area contributed by atoms with Crippen molar-refractivity contribution < 1.29 is 29.3 Å². The number of fused-ring (bicyclic) bond motifs is 1. The highest BCUT2D eigenvalue weighted by molar-refractivity contribution is 6.30. The van der Waals surface area contributed by atoms with Crippen molar-refractivity contribution in [2.75, 3.05) is 32.9 Å².